The van der Waals surface area contributed by atoms with Crippen LogP contribution in [0.3, 0.4) is 0 Å². The van der Waals surface area contributed by atoms with Gasteiger partial charge < -0.3 is 4.90 Å². The van der Waals surface area contributed by atoms with Crippen LogP contribution in [-0.2, 0) is 9.59 Å². The van der Waals surface area contributed by atoms with Gasteiger partial charge in [0.1, 0.15) is 6.29 Å². The predicted octanol–water partition coefficient (Wildman–Crippen LogP) is 0.878. The topological polar surface area (TPSA) is 37.4 Å². The molecule has 64 valence electrons. The molecule has 0 N–H and O–H groups in total. The Kier molecular flexibility index (Phi) is 2.43. The highest BCUT2D eigenvalue weighted by Crippen LogP contribution is 2.21. The normalized spacial score (nSPS) is 17.1. The van der Waals surface area contributed by atoms with Gasteiger partial charge in [-0.05, 0) is 6.92 Å². The van der Waals surface area contributed by atoms with Gasteiger partial charge in [-0.1, -0.05) is 6.08 Å². The third kappa shape index (κ3) is 1.30. The number of hydrogen-bond acceptors (Lipinski definition) is 2. The van der Waals surface area contributed by atoms with E-state index in [-0.39, 0.29) is 12.3 Å². The average Bonchev–Trinajstić information content (AvgIpc) is 2.32. The first-order valence-corrected chi connectivity index (χ1v) is 3.77. The van der Waals surface area contributed by atoms with Crippen molar-refractivity contribution in [1.29, 1.82) is 0 Å². The van der Waals surface area contributed by atoms with E-state index in [0.29, 0.717) is 12.1 Å². The Morgan fingerprint density at radius 1 is 1.67 bits per heavy atom. The first-order chi connectivity index (χ1) is 5.70. The predicted molar refractivity (Wildman–Crippen MR) is 45.3 cm³/mol. The molecule has 1 heterocycles. The summed E-state index contributed by atoms with van der Waals surface area (Å²) in [6.07, 6.45) is 2.63. The molecular formula is C9H11NO2. The summed E-state index contributed by atoms with van der Waals surface area (Å²) in [6, 6.07) is 0. The van der Waals surface area contributed by atoms with E-state index in [1.807, 2.05) is 0 Å². The van der Waals surface area contributed by atoms with Gasteiger partial charge in [0.05, 0.1) is 6.42 Å². The van der Waals surface area contributed by atoms with Crippen LogP contribution in [0.2, 0.25) is 0 Å². The van der Waals surface area contributed by atoms with Crippen LogP contribution < -0.4 is 0 Å². The maximum Gasteiger partial charge on any atom is 0.231 e. The zero-order chi connectivity index (χ0) is 9.14. The largest absolute Gasteiger partial charge is 0.312 e. The number of rotatable bonds is 3. The molecule has 1 aliphatic heterocycles. The van der Waals surface area contributed by atoms with Gasteiger partial charge in [-0.3, -0.25) is 9.59 Å². The lowest BCUT2D eigenvalue weighted by Crippen LogP contribution is -2.23. The molecule has 1 rings (SSSR count). The second kappa shape index (κ2) is 3.34. The van der Waals surface area contributed by atoms with E-state index in [0.717, 1.165) is 12.0 Å². The first-order valence-electron chi connectivity index (χ1n) is 3.77. The van der Waals surface area contributed by atoms with Gasteiger partial charge in [-0.15, -0.1) is 6.58 Å². The van der Waals surface area contributed by atoms with Gasteiger partial charge in [0.2, 0.25) is 5.91 Å². The fraction of sp³-hybridized carbons (Fsp3) is 0.333. The monoisotopic (exact) mass is 165 g/mol. The van der Waals surface area contributed by atoms with Crippen LogP contribution in [0.4, 0.5) is 0 Å². The molecule has 0 saturated heterocycles. The van der Waals surface area contributed by atoms with Crippen molar-refractivity contribution in [3.8, 4) is 0 Å². The maximum atomic E-state index is 11.2. The van der Waals surface area contributed by atoms with Crippen molar-refractivity contribution in [2.45, 2.75) is 13.3 Å². The third-order valence-corrected chi connectivity index (χ3v) is 1.97. The van der Waals surface area contributed by atoms with Gasteiger partial charge >= 0.3 is 0 Å². The summed E-state index contributed by atoms with van der Waals surface area (Å²) >= 11 is 0. The molecule has 0 aliphatic carbocycles. The molecule has 12 heavy (non-hydrogen) atoms. The maximum absolute atomic E-state index is 11.2. The smallest absolute Gasteiger partial charge is 0.231 e. The lowest BCUT2D eigenvalue weighted by Gasteiger charge is -2.14. The Hall–Kier alpha value is -1.38. The Balaban J connectivity index is 2.87. The fourth-order valence-electron chi connectivity index (χ4n) is 1.24. The van der Waals surface area contributed by atoms with E-state index in [1.54, 1.807) is 17.9 Å². The van der Waals surface area contributed by atoms with Crippen LogP contribution in [0.5, 0.6) is 0 Å². The molecule has 0 aromatic carbocycles. The number of hydrogen-bond donors (Lipinski definition) is 0. The molecule has 0 bridgehead atoms. The molecule has 3 heteroatoms. The number of amides is 1. The van der Waals surface area contributed by atoms with E-state index in [2.05, 4.69) is 6.58 Å². The van der Waals surface area contributed by atoms with Crippen LogP contribution in [-0.4, -0.2) is 23.6 Å². The van der Waals surface area contributed by atoms with Crippen LogP contribution in [0.1, 0.15) is 13.3 Å². The summed E-state index contributed by atoms with van der Waals surface area (Å²) in [7, 11) is 0. The number of nitrogens with zero attached hydrogens (tertiary/aromatic N) is 1. The van der Waals surface area contributed by atoms with Gasteiger partial charge in [0.15, 0.2) is 0 Å². The highest BCUT2D eigenvalue weighted by Gasteiger charge is 2.25. The number of carbonyl (C=O) groups is 2. The summed E-state index contributed by atoms with van der Waals surface area (Å²) in [5.74, 6) is -0.0190. The molecule has 3 nitrogen and oxygen atoms in total. The van der Waals surface area contributed by atoms with E-state index in [1.165, 1.54) is 0 Å². The second-order valence-electron chi connectivity index (χ2n) is 2.70. The molecular weight excluding hydrogens is 154 g/mol. The standard InChI is InChI=1S/C9H11NO2/c1-3-4-10-7(2)8(6-11)5-9(10)12/h3,6H,1,4-5H2,2H3. The highest BCUT2D eigenvalue weighted by molar-refractivity contribution is 5.93. The Labute approximate surface area is 71.4 Å². The van der Waals surface area contributed by atoms with Crippen molar-refractivity contribution in [2.75, 3.05) is 6.54 Å². The van der Waals surface area contributed by atoms with Gasteiger partial charge in [-0.25, -0.2) is 0 Å². The molecule has 1 amide bonds. The van der Waals surface area contributed by atoms with E-state index in [4.69, 9.17) is 0 Å². The van der Waals surface area contributed by atoms with Crippen molar-refractivity contribution in [3.05, 3.63) is 23.9 Å². The van der Waals surface area contributed by atoms with Crippen molar-refractivity contribution in [2.24, 2.45) is 0 Å². The minimum absolute atomic E-state index is 0.0190. The SMILES string of the molecule is C=CCN1C(=O)CC(C=O)=C1C. The van der Waals surface area contributed by atoms with Crippen LogP contribution in [0, 0.1) is 0 Å². The van der Waals surface area contributed by atoms with Crippen LogP contribution in [0.25, 0.3) is 0 Å². The third-order valence-electron chi connectivity index (χ3n) is 1.97. The van der Waals surface area contributed by atoms with Crippen molar-refractivity contribution in [3.63, 3.8) is 0 Å². The fourth-order valence-corrected chi connectivity index (χ4v) is 1.24. The van der Waals surface area contributed by atoms with Gasteiger partial charge in [-0.2, -0.15) is 0 Å². The van der Waals surface area contributed by atoms with Crippen molar-refractivity contribution in [1.82, 2.24) is 4.90 Å². The zero-order valence-electron chi connectivity index (χ0n) is 7.04. The minimum Gasteiger partial charge on any atom is -0.312 e. The van der Waals surface area contributed by atoms with Gasteiger partial charge in [0.25, 0.3) is 0 Å². The number of allylic oxidation sites excluding steroid dienone is 1. The molecule has 0 unspecified atom stereocenters. The molecule has 0 aromatic rings. The lowest BCUT2D eigenvalue weighted by molar-refractivity contribution is -0.126. The minimum atomic E-state index is -0.0190. The first kappa shape index (κ1) is 8.71. The van der Waals surface area contributed by atoms with Crippen LogP contribution >= 0.6 is 0 Å². The summed E-state index contributed by atoms with van der Waals surface area (Å²) in [5.41, 5.74) is 1.34. The van der Waals surface area contributed by atoms with Crippen molar-refractivity contribution >= 4 is 12.2 Å². The zero-order valence-corrected chi connectivity index (χ0v) is 7.04. The Bertz CT molecular complexity index is 266. The van der Waals surface area contributed by atoms with E-state index in [9.17, 15) is 9.59 Å². The van der Waals surface area contributed by atoms with Gasteiger partial charge in [0, 0.05) is 17.8 Å². The summed E-state index contributed by atoms with van der Waals surface area (Å²) < 4.78 is 0. The number of aldehydes is 1. The molecule has 1 aliphatic rings. The van der Waals surface area contributed by atoms with Crippen LogP contribution in [0.15, 0.2) is 23.9 Å². The summed E-state index contributed by atoms with van der Waals surface area (Å²) in [6.45, 7) is 5.80. The summed E-state index contributed by atoms with van der Waals surface area (Å²) in [5, 5.41) is 0. The van der Waals surface area contributed by atoms with Crippen molar-refractivity contribution < 1.29 is 9.59 Å². The van der Waals surface area contributed by atoms with E-state index >= 15 is 0 Å². The Morgan fingerprint density at radius 2 is 2.33 bits per heavy atom. The molecule has 0 atom stereocenters. The summed E-state index contributed by atoms with van der Waals surface area (Å²) in [4.78, 5) is 23.2. The quantitative estimate of drug-likeness (QED) is 0.460. The second-order valence-corrected chi connectivity index (χ2v) is 2.70. The molecule has 0 radical (unpaired) electrons. The molecule has 0 fully saturated rings. The number of carbonyl (C=O) groups excluding carboxylic acids is 2. The average molecular weight is 165 g/mol. The lowest BCUT2D eigenvalue weighted by atomic mass is 10.2. The molecule has 0 spiro atoms. The Morgan fingerprint density at radius 3 is 2.75 bits per heavy atom. The van der Waals surface area contributed by atoms with E-state index < -0.39 is 0 Å². The molecule has 0 aromatic heterocycles. The molecule has 0 saturated carbocycles. The highest BCUT2D eigenvalue weighted by atomic mass is 16.2.